The number of esters is 1. The predicted octanol–water partition coefficient (Wildman–Crippen LogP) is 3.38. The Morgan fingerprint density at radius 1 is 1.15 bits per heavy atom. The average molecular weight is 275 g/mol. The van der Waals surface area contributed by atoms with Crippen LogP contribution in [0.4, 0.5) is 5.69 Å². The molecule has 1 amide bonds. The van der Waals surface area contributed by atoms with Crippen molar-refractivity contribution >= 4 is 17.6 Å². The minimum Gasteiger partial charge on any atom is -0.465 e. The first-order chi connectivity index (χ1) is 9.57. The van der Waals surface area contributed by atoms with Gasteiger partial charge in [-0.25, -0.2) is 4.79 Å². The van der Waals surface area contributed by atoms with Gasteiger partial charge >= 0.3 is 5.97 Å². The molecule has 20 heavy (non-hydrogen) atoms. The predicted molar refractivity (Wildman–Crippen MR) is 77.6 cm³/mol. The van der Waals surface area contributed by atoms with E-state index in [2.05, 4.69) is 5.32 Å². The molecule has 1 aromatic carbocycles. The van der Waals surface area contributed by atoms with Crippen LogP contribution in [0.5, 0.6) is 0 Å². The van der Waals surface area contributed by atoms with E-state index in [0.717, 1.165) is 25.7 Å². The smallest absolute Gasteiger partial charge is 0.339 e. The van der Waals surface area contributed by atoms with Crippen molar-refractivity contribution in [2.24, 2.45) is 5.41 Å². The maximum atomic E-state index is 12.5. The Labute approximate surface area is 119 Å². The highest BCUT2D eigenvalue weighted by Crippen LogP contribution is 2.37. The van der Waals surface area contributed by atoms with E-state index < -0.39 is 5.97 Å². The van der Waals surface area contributed by atoms with E-state index in [9.17, 15) is 9.59 Å². The van der Waals surface area contributed by atoms with Gasteiger partial charge in [0, 0.05) is 5.41 Å². The van der Waals surface area contributed by atoms with Gasteiger partial charge in [-0.05, 0) is 25.0 Å². The topological polar surface area (TPSA) is 55.4 Å². The molecule has 0 bridgehead atoms. The van der Waals surface area contributed by atoms with Crippen LogP contribution in [0.3, 0.4) is 0 Å². The zero-order chi connectivity index (χ0) is 14.6. The number of benzene rings is 1. The summed E-state index contributed by atoms with van der Waals surface area (Å²) in [4.78, 5) is 24.2. The molecule has 1 aliphatic rings. The third-order valence-corrected chi connectivity index (χ3v) is 4.09. The fraction of sp³-hybridized carbons (Fsp3) is 0.500. The third kappa shape index (κ3) is 3.00. The van der Waals surface area contributed by atoms with Crippen molar-refractivity contribution in [3.8, 4) is 0 Å². The van der Waals surface area contributed by atoms with E-state index in [0.29, 0.717) is 11.3 Å². The van der Waals surface area contributed by atoms with Crippen LogP contribution in [0.1, 0.15) is 49.4 Å². The normalized spacial score (nSPS) is 17.3. The van der Waals surface area contributed by atoms with Crippen LogP contribution in [0, 0.1) is 5.41 Å². The van der Waals surface area contributed by atoms with Gasteiger partial charge in [0.2, 0.25) is 5.91 Å². The number of hydrogen-bond acceptors (Lipinski definition) is 3. The molecule has 2 rings (SSSR count). The molecule has 4 heteroatoms. The lowest BCUT2D eigenvalue weighted by Gasteiger charge is -2.32. The largest absolute Gasteiger partial charge is 0.465 e. The molecule has 1 saturated carbocycles. The van der Waals surface area contributed by atoms with E-state index in [1.165, 1.54) is 13.5 Å². The van der Waals surface area contributed by atoms with Crippen LogP contribution in [0.25, 0.3) is 0 Å². The van der Waals surface area contributed by atoms with Crippen molar-refractivity contribution in [3.05, 3.63) is 29.8 Å². The van der Waals surface area contributed by atoms with Crippen LogP contribution in [-0.4, -0.2) is 19.0 Å². The minimum absolute atomic E-state index is 0.00597. The third-order valence-electron chi connectivity index (χ3n) is 4.09. The first kappa shape index (κ1) is 14.6. The monoisotopic (exact) mass is 275 g/mol. The quantitative estimate of drug-likeness (QED) is 0.860. The zero-order valence-corrected chi connectivity index (χ0v) is 12.1. The van der Waals surface area contributed by atoms with Gasteiger partial charge in [-0.2, -0.15) is 0 Å². The molecule has 108 valence electrons. The second-order valence-electron chi connectivity index (χ2n) is 5.61. The fourth-order valence-corrected chi connectivity index (χ4v) is 2.71. The van der Waals surface area contributed by atoms with Gasteiger partial charge in [0.15, 0.2) is 0 Å². The number of hydrogen-bond donors (Lipinski definition) is 1. The Kier molecular flexibility index (Phi) is 4.42. The molecule has 0 saturated heterocycles. The molecule has 0 aromatic heterocycles. The van der Waals surface area contributed by atoms with Gasteiger partial charge in [0.1, 0.15) is 0 Å². The van der Waals surface area contributed by atoms with Crippen LogP contribution < -0.4 is 5.32 Å². The van der Waals surface area contributed by atoms with Gasteiger partial charge in [0.05, 0.1) is 18.4 Å². The van der Waals surface area contributed by atoms with Crippen molar-refractivity contribution in [1.82, 2.24) is 0 Å². The number of carbonyl (C=O) groups excluding carboxylic acids is 2. The van der Waals surface area contributed by atoms with Gasteiger partial charge in [-0.3, -0.25) is 4.79 Å². The van der Waals surface area contributed by atoms with Gasteiger partial charge in [-0.15, -0.1) is 0 Å². The Morgan fingerprint density at radius 2 is 1.80 bits per heavy atom. The fourth-order valence-electron chi connectivity index (χ4n) is 2.71. The lowest BCUT2D eigenvalue weighted by Crippen LogP contribution is -2.35. The lowest BCUT2D eigenvalue weighted by molar-refractivity contribution is -0.126. The number of rotatable bonds is 3. The highest BCUT2D eigenvalue weighted by Gasteiger charge is 2.34. The minimum atomic E-state index is -0.435. The molecular weight excluding hydrogens is 254 g/mol. The molecule has 0 aliphatic heterocycles. The van der Waals surface area contributed by atoms with Crippen LogP contribution >= 0.6 is 0 Å². The molecule has 0 radical (unpaired) electrons. The second-order valence-corrected chi connectivity index (χ2v) is 5.61. The molecule has 0 atom stereocenters. The number of methoxy groups -OCH3 is 1. The summed E-state index contributed by atoms with van der Waals surface area (Å²) in [5.41, 5.74) is 0.584. The Morgan fingerprint density at radius 3 is 2.45 bits per heavy atom. The van der Waals surface area contributed by atoms with Gasteiger partial charge in [-0.1, -0.05) is 38.3 Å². The van der Waals surface area contributed by atoms with Crippen LogP contribution in [-0.2, 0) is 9.53 Å². The standard InChI is InChI=1S/C16H21NO3/c1-16(10-6-3-7-11-16)15(19)17-13-9-5-4-8-12(13)14(18)20-2/h4-5,8-9H,3,6-7,10-11H2,1-2H3,(H,17,19). The Bertz CT molecular complexity index is 504. The zero-order valence-electron chi connectivity index (χ0n) is 12.1. The van der Waals surface area contributed by atoms with Gasteiger partial charge < -0.3 is 10.1 Å². The first-order valence-corrected chi connectivity index (χ1v) is 7.06. The molecule has 0 spiro atoms. The number of amides is 1. The summed E-state index contributed by atoms with van der Waals surface area (Å²) in [5.74, 6) is -0.441. The van der Waals surface area contributed by atoms with E-state index >= 15 is 0 Å². The summed E-state index contributed by atoms with van der Waals surface area (Å²) < 4.78 is 4.74. The summed E-state index contributed by atoms with van der Waals surface area (Å²) >= 11 is 0. The summed E-state index contributed by atoms with van der Waals surface area (Å²) in [6.45, 7) is 2.00. The maximum absolute atomic E-state index is 12.5. The second kappa shape index (κ2) is 6.07. The van der Waals surface area contributed by atoms with E-state index in [-0.39, 0.29) is 11.3 Å². The van der Waals surface area contributed by atoms with Crippen molar-refractivity contribution in [3.63, 3.8) is 0 Å². The Hall–Kier alpha value is -1.84. The van der Waals surface area contributed by atoms with Gasteiger partial charge in [0.25, 0.3) is 0 Å². The SMILES string of the molecule is COC(=O)c1ccccc1NC(=O)C1(C)CCCCC1. The van der Waals surface area contributed by atoms with E-state index in [1.807, 2.05) is 6.92 Å². The number of para-hydroxylation sites is 1. The summed E-state index contributed by atoms with van der Waals surface area (Å²) in [5, 5.41) is 2.90. The molecule has 1 N–H and O–H groups in total. The van der Waals surface area contributed by atoms with Crippen molar-refractivity contribution in [2.75, 3.05) is 12.4 Å². The average Bonchev–Trinajstić information content (AvgIpc) is 2.47. The molecular formula is C16H21NO3. The number of ether oxygens (including phenoxy) is 1. The Balaban J connectivity index is 2.17. The van der Waals surface area contributed by atoms with E-state index in [4.69, 9.17) is 4.74 Å². The van der Waals surface area contributed by atoms with Crippen LogP contribution in [0.15, 0.2) is 24.3 Å². The van der Waals surface area contributed by atoms with Crippen molar-refractivity contribution in [2.45, 2.75) is 39.0 Å². The molecule has 1 aliphatic carbocycles. The number of anilines is 1. The number of nitrogens with one attached hydrogen (secondary N) is 1. The summed E-state index contributed by atoms with van der Waals surface area (Å²) in [6.07, 6.45) is 5.17. The molecule has 0 unspecified atom stereocenters. The molecule has 0 heterocycles. The molecule has 1 fully saturated rings. The first-order valence-electron chi connectivity index (χ1n) is 7.06. The van der Waals surface area contributed by atoms with E-state index in [1.54, 1.807) is 24.3 Å². The molecule has 1 aromatic rings. The number of carbonyl (C=O) groups is 2. The maximum Gasteiger partial charge on any atom is 0.339 e. The lowest BCUT2D eigenvalue weighted by atomic mass is 9.75. The highest BCUT2D eigenvalue weighted by molar-refractivity contribution is 6.02. The van der Waals surface area contributed by atoms with Crippen molar-refractivity contribution in [1.29, 1.82) is 0 Å². The van der Waals surface area contributed by atoms with Crippen molar-refractivity contribution < 1.29 is 14.3 Å². The summed E-state index contributed by atoms with van der Waals surface area (Å²) in [7, 11) is 1.34. The van der Waals surface area contributed by atoms with Crippen LogP contribution in [0.2, 0.25) is 0 Å². The highest BCUT2D eigenvalue weighted by atomic mass is 16.5. The molecule has 4 nitrogen and oxygen atoms in total. The summed E-state index contributed by atoms with van der Waals surface area (Å²) in [6, 6.07) is 6.94.